The smallest absolute Gasteiger partial charge is 0.178 e. The highest BCUT2D eigenvalue weighted by Crippen LogP contribution is 2.31. The summed E-state index contributed by atoms with van der Waals surface area (Å²) in [6.07, 6.45) is 7.71. The van der Waals surface area contributed by atoms with E-state index < -0.39 is 5.66 Å². The molecule has 0 aromatic heterocycles. The van der Waals surface area contributed by atoms with E-state index in [1.807, 2.05) is 31.3 Å². The van der Waals surface area contributed by atoms with Crippen molar-refractivity contribution in [3.8, 4) is 0 Å². The van der Waals surface area contributed by atoms with Crippen LogP contribution in [0.25, 0.3) is 0 Å². The van der Waals surface area contributed by atoms with Gasteiger partial charge in [-0.15, -0.1) is 11.8 Å². The third kappa shape index (κ3) is 2.37. The van der Waals surface area contributed by atoms with Gasteiger partial charge in [0.2, 0.25) is 0 Å². The second-order valence-electron chi connectivity index (χ2n) is 4.17. The Morgan fingerprint density at radius 1 is 1.56 bits per heavy atom. The van der Waals surface area contributed by atoms with Gasteiger partial charge in [0.15, 0.2) is 11.4 Å². The molecule has 1 rings (SSSR count). The van der Waals surface area contributed by atoms with Crippen molar-refractivity contribution < 1.29 is 4.79 Å². The first kappa shape index (κ1) is 13.4. The van der Waals surface area contributed by atoms with Gasteiger partial charge in [-0.2, -0.15) is 0 Å². The minimum atomic E-state index is -0.483. The fraction of sp³-hybridized carbons (Fsp3) is 0.750. The number of carbonyl (C=O) groups excluding carboxylic acids is 1. The maximum absolute atomic E-state index is 12.2. The lowest BCUT2D eigenvalue weighted by Crippen LogP contribution is -2.56. The van der Waals surface area contributed by atoms with Crippen LogP contribution in [0.2, 0.25) is 0 Å². The predicted octanol–water partition coefficient (Wildman–Crippen LogP) is 2.55. The van der Waals surface area contributed by atoms with E-state index in [-0.39, 0.29) is 5.78 Å². The lowest BCUT2D eigenvalue weighted by atomic mass is 9.95. The maximum Gasteiger partial charge on any atom is 0.178 e. The molecule has 1 aliphatic heterocycles. The molecule has 1 heterocycles. The van der Waals surface area contributed by atoms with Crippen LogP contribution < -0.4 is 5.32 Å². The molecule has 0 spiro atoms. The number of hydrogen-bond donors (Lipinski definition) is 1. The number of carbonyl (C=O) groups is 1. The van der Waals surface area contributed by atoms with Gasteiger partial charge in [0, 0.05) is 19.7 Å². The predicted molar refractivity (Wildman–Crippen MR) is 70.1 cm³/mol. The minimum absolute atomic E-state index is 0.281. The Hall–Kier alpha value is -0.640. The Balaban J connectivity index is 2.86. The molecule has 16 heavy (non-hydrogen) atoms. The average molecular weight is 242 g/mol. The number of likely N-dealkylation sites (N-methyl/N-ethyl adjacent to an activating group) is 1. The van der Waals surface area contributed by atoms with Gasteiger partial charge < -0.3 is 10.2 Å². The van der Waals surface area contributed by atoms with E-state index in [1.165, 1.54) is 0 Å². The van der Waals surface area contributed by atoms with E-state index in [4.69, 9.17) is 0 Å². The molecule has 1 aliphatic rings. The summed E-state index contributed by atoms with van der Waals surface area (Å²) in [7, 11) is 1.99. The first-order valence-corrected chi connectivity index (χ1v) is 7.13. The van der Waals surface area contributed by atoms with Crippen LogP contribution in [0.15, 0.2) is 11.2 Å². The quantitative estimate of drug-likeness (QED) is 0.776. The number of nitrogens with zero attached hydrogens (tertiary/aromatic N) is 1. The largest absolute Gasteiger partial charge is 0.350 e. The highest BCUT2D eigenvalue weighted by Gasteiger charge is 2.43. The Morgan fingerprint density at radius 2 is 2.25 bits per heavy atom. The number of unbranched alkanes of at least 4 members (excludes halogenated alkanes) is 1. The summed E-state index contributed by atoms with van der Waals surface area (Å²) in [5, 5.41) is 4.47. The van der Waals surface area contributed by atoms with Gasteiger partial charge in [0.1, 0.15) is 0 Å². The Morgan fingerprint density at radius 3 is 2.69 bits per heavy atom. The summed E-state index contributed by atoms with van der Waals surface area (Å²) in [5.74, 6) is 0.281. The summed E-state index contributed by atoms with van der Waals surface area (Å²) in [6.45, 7) is 4.09. The van der Waals surface area contributed by atoms with E-state index in [0.29, 0.717) is 6.42 Å². The van der Waals surface area contributed by atoms with Crippen LogP contribution in [0, 0.1) is 0 Å². The average Bonchev–Trinajstić information content (AvgIpc) is 2.63. The molecule has 0 saturated carbocycles. The molecule has 92 valence electrons. The maximum atomic E-state index is 12.2. The van der Waals surface area contributed by atoms with E-state index >= 15 is 0 Å². The highest BCUT2D eigenvalue weighted by atomic mass is 32.2. The lowest BCUT2D eigenvalue weighted by Gasteiger charge is -2.36. The van der Waals surface area contributed by atoms with E-state index in [2.05, 4.69) is 12.2 Å². The van der Waals surface area contributed by atoms with Crippen molar-refractivity contribution in [2.45, 2.75) is 45.2 Å². The fourth-order valence-corrected chi connectivity index (χ4v) is 2.62. The lowest BCUT2D eigenvalue weighted by molar-refractivity contribution is -0.129. The molecule has 0 radical (unpaired) electrons. The molecular formula is C12H22N2OS. The van der Waals surface area contributed by atoms with Crippen LogP contribution >= 0.6 is 11.8 Å². The van der Waals surface area contributed by atoms with Gasteiger partial charge in [0.25, 0.3) is 0 Å². The molecule has 0 aromatic carbocycles. The fourth-order valence-electron chi connectivity index (χ4n) is 2.08. The Labute approximate surface area is 103 Å². The molecule has 1 atom stereocenters. The second-order valence-corrected chi connectivity index (χ2v) is 5.02. The van der Waals surface area contributed by atoms with Gasteiger partial charge in [0.05, 0.1) is 5.03 Å². The van der Waals surface area contributed by atoms with Crippen molar-refractivity contribution in [2.24, 2.45) is 0 Å². The van der Waals surface area contributed by atoms with Crippen LogP contribution in [-0.2, 0) is 4.79 Å². The monoisotopic (exact) mass is 242 g/mol. The van der Waals surface area contributed by atoms with Gasteiger partial charge in [-0.3, -0.25) is 4.79 Å². The number of Topliss-reactive ketones (excluding diaryl/α,β-unsaturated/α-hetero) is 1. The van der Waals surface area contributed by atoms with Gasteiger partial charge in [-0.05, 0) is 19.1 Å². The van der Waals surface area contributed by atoms with Crippen molar-refractivity contribution in [3.63, 3.8) is 0 Å². The van der Waals surface area contributed by atoms with Gasteiger partial charge >= 0.3 is 0 Å². The number of hydrogen-bond acceptors (Lipinski definition) is 4. The first-order valence-electron chi connectivity index (χ1n) is 5.91. The molecule has 1 N–H and O–H groups in total. The summed E-state index contributed by atoms with van der Waals surface area (Å²) in [5.41, 5.74) is -0.483. The SMILES string of the molecule is CCCCC1(C(=O)CC)NC(SC)=CN1C. The van der Waals surface area contributed by atoms with Crippen molar-refractivity contribution in [1.82, 2.24) is 10.2 Å². The van der Waals surface area contributed by atoms with E-state index in [9.17, 15) is 4.79 Å². The zero-order chi connectivity index (χ0) is 12.2. The first-order chi connectivity index (χ1) is 7.60. The molecule has 0 bridgehead atoms. The normalized spacial score (nSPS) is 24.2. The third-order valence-corrected chi connectivity index (χ3v) is 3.78. The number of rotatable bonds is 6. The van der Waals surface area contributed by atoms with Crippen LogP contribution in [0.3, 0.4) is 0 Å². The number of ketones is 1. The number of thioether (sulfide) groups is 1. The zero-order valence-electron chi connectivity index (χ0n) is 10.7. The standard InChI is InChI=1S/C12H22N2OS/c1-5-7-8-12(10(15)6-2)13-11(16-4)9-14(12)3/h9,13H,5-8H2,1-4H3. The van der Waals surface area contributed by atoms with Crippen LogP contribution in [-0.4, -0.2) is 29.6 Å². The molecule has 0 amide bonds. The summed E-state index contributed by atoms with van der Waals surface area (Å²) < 4.78 is 0. The second kappa shape index (κ2) is 5.62. The van der Waals surface area contributed by atoms with Crippen LogP contribution in [0.5, 0.6) is 0 Å². The molecule has 0 aliphatic carbocycles. The molecular weight excluding hydrogens is 220 g/mol. The Bertz CT molecular complexity index is 291. The van der Waals surface area contributed by atoms with Crippen molar-refractivity contribution in [2.75, 3.05) is 13.3 Å². The van der Waals surface area contributed by atoms with Crippen LogP contribution in [0.4, 0.5) is 0 Å². The molecule has 0 aromatic rings. The molecule has 1 unspecified atom stereocenters. The molecule has 3 nitrogen and oxygen atoms in total. The summed E-state index contributed by atoms with van der Waals surface area (Å²) >= 11 is 1.66. The van der Waals surface area contributed by atoms with Crippen molar-refractivity contribution in [3.05, 3.63) is 11.2 Å². The topological polar surface area (TPSA) is 32.3 Å². The number of nitrogens with one attached hydrogen (secondary N) is 1. The highest BCUT2D eigenvalue weighted by molar-refractivity contribution is 8.02. The van der Waals surface area contributed by atoms with E-state index in [1.54, 1.807) is 11.8 Å². The Kier molecular flexibility index (Phi) is 4.71. The van der Waals surface area contributed by atoms with Crippen molar-refractivity contribution >= 4 is 17.5 Å². The third-order valence-electron chi connectivity index (χ3n) is 3.14. The molecule has 0 saturated heterocycles. The molecule has 0 fully saturated rings. The van der Waals surface area contributed by atoms with E-state index in [0.717, 1.165) is 24.3 Å². The zero-order valence-corrected chi connectivity index (χ0v) is 11.5. The summed E-state index contributed by atoms with van der Waals surface area (Å²) in [6, 6.07) is 0. The summed E-state index contributed by atoms with van der Waals surface area (Å²) in [4.78, 5) is 14.2. The van der Waals surface area contributed by atoms with Crippen molar-refractivity contribution in [1.29, 1.82) is 0 Å². The molecule has 4 heteroatoms. The van der Waals surface area contributed by atoms with Crippen LogP contribution in [0.1, 0.15) is 39.5 Å². The van der Waals surface area contributed by atoms with Gasteiger partial charge in [-0.1, -0.05) is 20.3 Å². The van der Waals surface area contributed by atoms with Gasteiger partial charge in [-0.25, -0.2) is 0 Å². The minimum Gasteiger partial charge on any atom is -0.350 e.